The second-order valence-corrected chi connectivity index (χ2v) is 19.4. The van der Waals surface area contributed by atoms with E-state index in [1.165, 1.54) is 62.0 Å². The van der Waals surface area contributed by atoms with E-state index >= 15 is 0 Å². The number of carboxylic acids is 1. The monoisotopic (exact) mass is 980 g/mol. The first-order chi connectivity index (χ1) is 31.7. The number of nitrogens with zero attached hydrogens (tertiary/aromatic N) is 8. The Hall–Kier alpha value is -6.72. The number of aliphatic carboxylic acids is 1. The minimum Gasteiger partial charge on any atom is -0.481 e. The Labute approximate surface area is 393 Å². The number of methoxy groups -OCH3 is 2. The van der Waals surface area contributed by atoms with Gasteiger partial charge in [-0.25, -0.2) is 56.4 Å². The van der Waals surface area contributed by atoms with Crippen LogP contribution in [0.15, 0.2) is 83.9 Å². The van der Waals surface area contributed by atoms with E-state index in [1.54, 1.807) is 35.1 Å². The zero-order valence-electron chi connectivity index (χ0n) is 37.4. The van der Waals surface area contributed by atoms with Crippen molar-refractivity contribution in [2.24, 2.45) is 5.14 Å². The van der Waals surface area contributed by atoms with Crippen molar-refractivity contribution >= 4 is 31.9 Å². The van der Waals surface area contributed by atoms with Crippen LogP contribution in [0, 0.1) is 11.6 Å². The van der Waals surface area contributed by atoms with Gasteiger partial charge in [0.25, 0.3) is 20.3 Å². The van der Waals surface area contributed by atoms with Crippen LogP contribution < -0.4 is 19.3 Å². The number of sulfonamides is 2. The molecule has 2 aliphatic carbocycles. The molecule has 8 rings (SSSR count). The van der Waals surface area contributed by atoms with Crippen molar-refractivity contribution in [3.05, 3.63) is 107 Å². The van der Waals surface area contributed by atoms with Gasteiger partial charge < -0.3 is 14.6 Å². The Balaban J connectivity index is 0.000000211. The summed E-state index contributed by atoms with van der Waals surface area (Å²) in [4.78, 5) is 39.5. The molecule has 364 valence electrons. The molecule has 2 aliphatic rings. The summed E-state index contributed by atoms with van der Waals surface area (Å²) < 4.78 is 90.5. The summed E-state index contributed by atoms with van der Waals surface area (Å²) >= 11 is 0. The van der Waals surface area contributed by atoms with Crippen LogP contribution in [0.3, 0.4) is 0 Å². The van der Waals surface area contributed by atoms with E-state index in [0.29, 0.717) is 62.3 Å². The Morgan fingerprint density at radius 1 is 0.721 bits per heavy atom. The fraction of sp³-hybridized carbons (Fsp3) is 0.378. The van der Waals surface area contributed by atoms with Crippen molar-refractivity contribution in [1.29, 1.82) is 0 Å². The molecule has 2 fully saturated rings. The third-order valence-electron chi connectivity index (χ3n) is 10.5. The molecular formula is C45H54F2N10O9S2. The van der Waals surface area contributed by atoms with Crippen LogP contribution in [0.2, 0.25) is 0 Å². The molecule has 23 heteroatoms. The number of benzene rings is 2. The van der Waals surface area contributed by atoms with Gasteiger partial charge in [0.2, 0.25) is 17.7 Å². The number of rotatable bonds is 15. The average Bonchev–Trinajstić information content (AvgIpc) is 4.20. The average molecular weight is 981 g/mol. The smallest absolute Gasteiger partial charge is 0.307 e. The van der Waals surface area contributed by atoms with Gasteiger partial charge in [0.15, 0.2) is 0 Å². The zero-order chi connectivity index (χ0) is 48.8. The summed E-state index contributed by atoms with van der Waals surface area (Å²) in [6, 6.07) is 12.6. The lowest BCUT2D eigenvalue weighted by Crippen LogP contribution is -2.33. The van der Waals surface area contributed by atoms with Crippen LogP contribution in [-0.2, 0) is 42.5 Å². The van der Waals surface area contributed by atoms with E-state index in [2.05, 4.69) is 30.1 Å². The molecule has 0 bridgehead atoms. The summed E-state index contributed by atoms with van der Waals surface area (Å²) in [5.74, 6) is -1.93. The molecular weight excluding hydrogens is 927 g/mol. The molecule has 68 heavy (non-hydrogen) atoms. The quantitative estimate of drug-likeness (QED) is 0.0986. The zero-order valence-corrected chi connectivity index (χ0v) is 39.1. The molecule has 1 amide bonds. The lowest BCUT2D eigenvalue weighted by molar-refractivity contribution is -0.136. The van der Waals surface area contributed by atoms with E-state index in [0.717, 1.165) is 25.7 Å². The van der Waals surface area contributed by atoms with Crippen molar-refractivity contribution in [2.75, 3.05) is 14.2 Å². The first-order valence-electron chi connectivity index (χ1n) is 20.9. The number of hydrogen-bond donors (Lipinski definition) is 3. The summed E-state index contributed by atoms with van der Waals surface area (Å²) in [5, 5.41) is 21.0. The topological polar surface area (TPSA) is 266 Å². The highest BCUT2D eigenvalue weighted by Crippen LogP contribution is 2.36. The first kappa shape index (κ1) is 52.3. The minimum absolute atomic E-state index is 0. The molecule has 19 nitrogen and oxygen atoms in total. The molecule has 4 aromatic heterocycles. The van der Waals surface area contributed by atoms with Gasteiger partial charge in [0.1, 0.15) is 24.3 Å². The van der Waals surface area contributed by atoms with Gasteiger partial charge in [-0.3, -0.25) is 9.59 Å². The molecule has 0 saturated heterocycles. The maximum Gasteiger partial charge on any atom is 0.307 e. The highest BCUT2D eigenvalue weighted by Gasteiger charge is 2.30. The maximum absolute atomic E-state index is 14.5. The van der Waals surface area contributed by atoms with Crippen LogP contribution in [0.1, 0.15) is 107 Å². The number of hydrogen-bond acceptors (Lipinski definition) is 14. The molecule has 2 aromatic carbocycles. The second-order valence-electron chi connectivity index (χ2n) is 16.3. The van der Waals surface area contributed by atoms with Crippen LogP contribution in [0.4, 0.5) is 8.78 Å². The summed E-state index contributed by atoms with van der Waals surface area (Å²) in [6.07, 6.45) is 9.29. The van der Waals surface area contributed by atoms with Crippen LogP contribution >= 0.6 is 0 Å². The van der Waals surface area contributed by atoms with Gasteiger partial charge in [0, 0.05) is 24.5 Å². The van der Waals surface area contributed by atoms with Crippen molar-refractivity contribution in [3.8, 4) is 34.0 Å². The molecule has 0 aliphatic heterocycles. The highest BCUT2D eigenvalue weighted by molar-refractivity contribution is 7.90. The number of carboxylic acid groups (broad SMARTS) is 1. The standard InChI is InChI=1S/C22H24FN5O4S.C17H18FNO3.C5H8N4O2S.CH4/c1-13(2)17-9-15(23)10-18(14-6-7-24-21(8-14)32-3)19(17)11-20(29)27-33(30,31)22-25-12-28(26-22)16-4-5-16;1-10(2)13-7-12(18)8-14(15(13)9-17(20)21)11-4-5-19-16(6-11)22-3;6-12(10,11)5-7-3-9(8-5)4-1-2-4;/h6-10,12-13,16H,4-5,11H2,1-3H3,(H,27,29);4-8,10H,9H2,1-3H3,(H,20,21);3-4H,1-2H2,(H2,6,10,11);1H4. The molecule has 0 unspecified atom stereocenters. The van der Waals surface area contributed by atoms with Crippen LogP contribution in [0.25, 0.3) is 22.3 Å². The Kier molecular flexibility index (Phi) is 16.9. The molecule has 0 atom stereocenters. The van der Waals surface area contributed by atoms with Crippen LogP contribution in [0.5, 0.6) is 11.8 Å². The number of nitrogens with two attached hydrogens (primary N) is 1. The predicted molar refractivity (Wildman–Crippen MR) is 246 cm³/mol. The summed E-state index contributed by atoms with van der Waals surface area (Å²) in [5.41, 5.74) is 4.75. The van der Waals surface area contributed by atoms with E-state index in [9.17, 15) is 40.3 Å². The van der Waals surface area contributed by atoms with Gasteiger partial charge in [-0.05, 0) is 118 Å². The molecule has 0 radical (unpaired) electrons. The Bertz CT molecular complexity index is 2990. The van der Waals surface area contributed by atoms with Gasteiger partial charge in [-0.1, -0.05) is 35.1 Å². The van der Waals surface area contributed by atoms with Gasteiger partial charge in [-0.2, -0.15) is 8.42 Å². The SMILES string of the molecule is C.COc1cc(-c2cc(F)cc(C(C)C)c2CC(=O)NS(=O)(=O)c2ncn(C3CC3)n2)ccn1.COc1cc(-c2cc(F)cc(C(C)C)c2CC(=O)O)ccn1.NS(=O)(=O)c1ncn(C2CC2)n1. The first-order valence-corrected chi connectivity index (χ1v) is 24.0. The number of halogens is 2. The van der Waals surface area contributed by atoms with Gasteiger partial charge in [-0.15, -0.1) is 10.2 Å². The third kappa shape index (κ3) is 13.5. The molecule has 4 N–H and O–H groups in total. The fourth-order valence-corrected chi connectivity index (χ4v) is 8.23. The Morgan fingerprint density at radius 2 is 1.15 bits per heavy atom. The second kappa shape index (κ2) is 21.9. The number of ether oxygens (including phenoxy) is 2. The minimum atomic E-state index is -4.24. The van der Waals surface area contributed by atoms with E-state index in [4.69, 9.17) is 14.6 Å². The van der Waals surface area contributed by atoms with Crippen molar-refractivity contribution in [1.82, 2.24) is 44.2 Å². The number of nitrogens with one attached hydrogen (secondary N) is 1. The van der Waals surface area contributed by atoms with Crippen molar-refractivity contribution in [3.63, 3.8) is 0 Å². The predicted octanol–water partition coefficient (Wildman–Crippen LogP) is 6.54. The van der Waals surface area contributed by atoms with E-state index in [-0.39, 0.29) is 49.1 Å². The van der Waals surface area contributed by atoms with Crippen molar-refractivity contribution < 1.29 is 49.8 Å². The third-order valence-corrected chi connectivity index (χ3v) is 12.3. The normalized spacial score (nSPS) is 13.4. The summed E-state index contributed by atoms with van der Waals surface area (Å²) in [7, 11) is -5.01. The summed E-state index contributed by atoms with van der Waals surface area (Å²) in [6.45, 7) is 7.57. The fourth-order valence-electron chi connectivity index (χ4n) is 6.98. The number of pyridine rings is 2. The van der Waals surface area contributed by atoms with E-state index in [1.807, 2.05) is 32.4 Å². The molecule has 0 spiro atoms. The van der Waals surface area contributed by atoms with Gasteiger partial charge in [0.05, 0.1) is 39.1 Å². The number of carbonyl (C=O) groups excluding carboxylic acids is 1. The van der Waals surface area contributed by atoms with Crippen LogP contribution in [-0.4, -0.2) is 87.5 Å². The molecule has 2 saturated carbocycles. The largest absolute Gasteiger partial charge is 0.481 e. The lowest BCUT2D eigenvalue weighted by atomic mass is 9.88. The molecule has 4 heterocycles. The highest BCUT2D eigenvalue weighted by atomic mass is 32.2. The molecule has 6 aromatic rings. The van der Waals surface area contributed by atoms with Crippen molar-refractivity contribution in [2.45, 2.75) is 108 Å². The number of amides is 1. The van der Waals surface area contributed by atoms with E-state index < -0.39 is 42.9 Å². The van der Waals surface area contributed by atoms with Gasteiger partial charge >= 0.3 is 16.0 Å². The number of primary sulfonamides is 1. The number of carbonyl (C=O) groups is 2. The number of aromatic nitrogens is 8. The maximum atomic E-state index is 14.5. The lowest BCUT2D eigenvalue weighted by Gasteiger charge is -2.18. The Morgan fingerprint density at radius 3 is 1.53 bits per heavy atom.